The highest BCUT2D eigenvalue weighted by Gasteiger charge is 2.34. The molecule has 0 radical (unpaired) electrons. The van der Waals surface area contributed by atoms with Crippen LogP contribution in [0.4, 0.5) is 0 Å². The number of nitrogens with zero attached hydrogens (tertiary/aromatic N) is 3. The fraction of sp³-hybridized carbons (Fsp3) is 0.458. The standard InChI is InChI=1S/C24H29N3O4/c28-24(27-12-14-29-15-13-27)23(20-4-2-1-3-5-20)26-10-8-25(9-11-26)17-19-6-7-21-22(16-19)31-18-30-21/h1-7,16,23H,8-15,17-18H2. The fourth-order valence-corrected chi connectivity index (χ4v) is 4.58. The van der Waals surface area contributed by atoms with E-state index in [4.69, 9.17) is 14.2 Å². The first-order valence-corrected chi connectivity index (χ1v) is 11.0. The molecule has 0 spiro atoms. The number of hydrogen-bond donors (Lipinski definition) is 0. The number of piperazine rings is 1. The summed E-state index contributed by atoms with van der Waals surface area (Å²) >= 11 is 0. The van der Waals surface area contributed by atoms with Crippen LogP contribution in [0.25, 0.3) is 0 Å². The molecule has 0 saturated carbocycles. The normalized spacial score (nSPS) is 20.6. The van der Waals surface area contributed by atoms with E-state index in [1.165, 1.54) is 5.56 Å². The number of fused-ring (bicyclic) bond motifs is 1. The Morgan fingerprint density at radius 1 is 0.871 bits per heavy atom. The summed E-state index contributed by atoms with van der Waals surface area (Å²) < 4.78 is 16.4. The van der Waals surface area contributed by atoms with Gasteiger partial charge in [0.2, 0.25) is 12.7 Å². The Morgan fingerprint density at radius 3 is 2.39 bits per heavy atom. The first kappa shape index (κ1) is 20.3. The van der Waals surface area contributed by atoms with Crippen LogP contribution in [0.3, 0.4) is 0 Å². The number of amides is 1. The van der Waals surface area contributed by atoms with Gasteiger partial charge in [0.05, 0.1) is 13.2 Å². The number of hydrogen-bond acceptors (Lipinski definition) is 6. The van der Waals surface area contributed by atoms with Crippen molar-refractivity contribution in [2.75, 3.05) is 59.3 Å². The van der Waals surface area contributed by atoms with Gasteiger partial charge in [-0.3, -0.25) is 14.6 Å². The first-order chi connectivity index (χ1) is 15.3. The molecule has 3 aliphatic heterocycles. The van der Waals surface area contributed by atoms with Gasteiger partial charge in [-0.1, -0.05) is 36.4 Å². The number of morpholine rings is 1. The maximum atomic E-state index is 13.5. The summed E-state index contributed by atoms with van der Waals surface area (Å²) in [6.07, 6.45) is 0. The lowest BCUT2D eigenvalue weighted by atomic mass is 10.0. The van der Waals surface area contributed by atoms with Crippen LogP contribution < -0.4 is 9.47 Å². The molecule has 3 heterocycles. The molecule has 7 heteroatoms. The maximum Gasteiger partial charge on any atom is 0.244 e. The quantitative estimate of drug-likeness (QED) is 0.735. The molecule has 5 rings (SSSR count). The lowest BCUT2D eigenvalue weighted by Crippen LogP contribution is -2.52. The largest absolute Gasteiger partial charge is 0.454 e. The van der Waals surface area contributed by atoms with Crippen molar-refractivity contribution in [3.05, 3.63) is 59.7 Å². The molecule has 31 heavy (non-hydrogen) atoms. The highest BCUT2D eigenvalue weighted by molar-refractivity contribution is 5.83. The molecule has 0 bridgehead atoms. The van der Waals surface area contributed by atoms with Crippen LogP contribution in [0, 0.1) is 0 Å². The van der Waals surface area contributed by atoms with Gasteiger partial charge < -0.3 is 19.1 Å². The zero-order valence-electron chi connectivity index (χ0n) is 17.7. The average molecular weight is 424 g/mol. The van der Waals surface area contributed by atoms with Crippen molar-refractivity contribution in [1.82, 2.24) is 14.7 Å². The van der Waals surface area contributed by atoms with Crippen LogP contribution in [0.15, 0.2) is 48.5 Å². The Kier molecular flexibility index (Phi) is 6.06. The smallest absolute Gasteiger partial charge is 0.244 e. The second-order valence-electron chi connectivity index (χ2n) is 8.25. The van der Waals surface area contributed by atoms with E-state index < -0.39 is 0 Å². The van der Waals surface area contributed by atoms with Crippen LogP contribution >= 0.6 is 0 Å². The average Bonchev–Trinajstić information content (AvgIpc) is 3.30. The molecule has 2 saturated heterocycles. The summed E-state index contributed by atoms with van der Waals surface area (Å²) in [5.74, 6) is 1.84. The van der Waals surface area contributed by atoms with E-state index >= 15 is 0 Å². The SMILES string of the molecule is O=C(C(c1ccccc1)N1CCN(Cc2ccc3c(c2)OCO3)CC1)N1CCOCC1. The van der Waals surface area contributed by atoms with Crippen molar-refractivity contribution in [1.29, 1.82) is 0 Å². The van der Waals surface area contributed by atoms with Gasteiger partial charge in [0, 0.05) is 45.8 Å². The minimum absolute atomic E-state index is 0.193. The van der Waals surface area contributed by atoms with Gasteiger partial charge in [-0.15, -0.1) is 0 Å². The summed E-state index contributed by atoms with van der Waals surface area (Å²) in [7, 11) is 0. The van der Waals surface area contributed by atoms with Crippen LogP contribution in [0.1, 0.15) is 17.2 Å². The van der Waals surface area contributed by atoms with E-state index in [0.29, 0.717) is 33.1 Å². The second kappa shape index (κ2) is 9.26. The molecule has 1 amide bonds. The fourth-order valence-electron chi connectivity index (χ4n) is 4.58. The zero-order chi connectivity index (χ0) is 21.0. The molecule has 1 unspecified atom stereocenters. The zero-order valence-corrected chi connectivity index (χ0v) is 17.7. The van der Waals surface area contributed by atoms with Gasteiger partial charge in [0.25, 0.3) is 0 Å². The van der Waals surface area contributed by atoms with E-state index in [1.807, 2.05) is 29.2 Å². The molecule has 1 atom stereocenters. The second-order valence-corrected chi connectivity index (χ2v) is 8.25. The Hall–Kier alpha value is -2.61. The van der Waals surface area contributed by atoms with Crippen LogP contribution in [-0.4, -0.2) is 79.9 Å². The van der Waals surface area contributed by atoms with E-state index in [-0.39, 0.29) is 11.9 Å². The minimum atomic E-state index is -0.230. The Morgan fingerprint density at radius 2 is 1.61 bits per heavy atom. The third-order valence-corrected chi connectivity index (χ3v) is 6.29. The highest BCUT2D eigenvalue weighted by atomic mass is 16.7. The Bertz CT molecular complexity index is 893. The summed E-state index contributed by atoms with van der Waals surface area (Å²) in [4.78, 5) is 20.2. The van der Waals surface area contributed by atoms with E-state index in [0.717, 1.165) is 49.8 Å². The molecular weight excluding hydrogens is 394 g/mol. The summed E-state index contributed by atoms with van der Waals surface area (Å²) in [6, 6.07) is 16.1. The first-order valence-electron chi connectivity index (χ1n) is 11.0. The van der Waals surface area contributed by atoms with Gasteiger partial charge in [-0.05, 0) is 23.3 Å². The molecule has 2 fully saturated rings. The predicted molar refractivity (Wildman–Crippen MR) is 116 cm³/mol. The predicted octanol–water partition coefficient (Wildman–Crippen LogP) is 2.13. The molecule has 7 nitrogen and oxygen atoms in total. The van der Waals surface area contributed by atoms with E-state index in [9.17, 15) is 4.79 Å². The van der Waals surface area contributed by atoms with Crippen molar-refractivity contribution in [2.45, 2.75) is 12.6 Å². The molecule has 0 N–H and O–H groups in total. The molecule has 0 aliphatic carbocycles. The molecule has 0 aromatic heterocycles. The van der Waals surface area contributed by atoms with E-state index in [1.54, 1.807) is 0 Å². The number of benzene rings is 2. The Balaban J connectivity index is 1.25. The minimum Gasteiger partial charge on any atom is -0.454 e. The monoisotopic (exact) mass is 423 g/mol. The van der Waals surface area contributed by atoms with Crippen molar-refractivity contribution in [3.63, 3.8) is 0 Å². The third-order valence-electron chi connectivity index (χ3n) is 6.29. The number of ether oxygens (including phenoxy) is 3. The van der Waals surface area contributed by atoms with Gasteiger partial charge in [0.15, 0.2) is 11.5 Å². The molecular formula is C24H29N3O4. The third kappa shape index (κ3) is 4.54. The van der Waals surface area contributed by atoms with Gasteiger partial charge >= 0.3 is 0 Å². The molecule has 164 valence electrons. The summed E-state index contributed by atoms with van der Waals surface area (Å²) in [5, 5.41) is 0. The lowest BCUT2D eigenvalue weighted by Gasteiger charge is -2.41. The van der Waals surface area contributed by atoms with Gasteiger partial charge in [-0.2, -0.15) is 0 Å². The van der Waals surface area contributed by atoms with Gasteiger partial charge in [0.1, 0.15) is 6.04 Å². The van der Waals surface area contributed by atoms with Gasteiger partial charge in [-0.25, -0.2) is 0 Å². The number of carbonyl (C=O) groups is 1. The van der Waals surface area contributed by atoms with E-state index in [2.05, 4.69) is 34.1 Å². The molecule has 3 aliphatic rings. The van der Waals surface area contributed by atoms with Crippen LogP contribution in [0.5, 0.6) is 11.5 Å². The topological polar surface area (TPSA) is 54.5 Å². The molecule has 2 aromatic carbocycles. The van der Waals surface area contributed by atoms with Crippen LogP contribution in [-0.2, 0) is 16.1 Å². The molecule has 2 aromatic rings. The van der Waals surface area contributed by atoms with Crippen molar-refractivity contribution >= 4 is 5.91 Å². The van der Waals surface area contributed by atoms with Crippen molar-refractivity contribution < 1.29 is 19.0 Å². The maximum absolute atomic E-state index is 13.5. The number of rotatable bonds is 5. The van der Waals surface area contributed by atoms with Crippen LogP contribution in [0.2, 0.25) is 0 Å². The summed E-state index contributed by atoms with van der Waals surface area (Å²) in [5.41, 5.74) is 2.30. The van der Waals surface area contributed by atoms with Crippen molar-refractivity contribution in [3.8, 4) is 11.5 Å². The lowest BCUT2D eigenvalue weighted by molar-refractivity contribution is -0.142. The van der Waals surface area contributed by atoms with Crippen molar-refractivity contribution in [2.24, 2.45) is 0 Å². The highest BCUT2D eigenvalue weighted by Crippen LogP contribution is 2.33. The Labute approximate surface area is 183 Å². The summed E-state index contributed by atoms with van der Waals surface area (Å²) in [6.45, 7) is 7.34. The number of carbonyl (C=O) groups excluding carboxylic acids is 1.